The summed E-state index contributed by atoms with van der Waals surface area (Å²) in [6, 6.07) is 9.37. The van der Waals surface area contributed by atoms with Crippen LogP contribution in [0.15, 0.2) is 42.1 Å². The minimum absolute atomic E-state index is 0.0634. The fourth-order valence-electron chi connectivity index (χ4n) is 7.08. The van der Waals surface area contributed by atoms with Crippen LogP contribution in [0.4, 0.5) is 15.8 Å². The van der Waals surface area contributed by atoms with Crippen LogP contribution in [-0.2, 0) is 10.0 Å². The summed E-state index contributed by atoms with van der Waals surface area (Å²) in [7, 11) is -3.74. The van der Waals surface area contributed by atoms with Crippen molar-refractivity contribution < 1.29 is 17.6 Å². The van der Waals surface area contributed by atoms with Crippen molar-refractivity contribution in [3.63, 3.8) is 0 Å². The first-order valence-electron chi connectivity index (χ1n) is 15.6. The number of halogens is 1. The van der Waals surface area contributed by atoms with E-state index in [0.29, 0.717) is 24.5 Å². The Bertz CT molecular complexity index is 1470. The molecular weight excluding hydrogens is 567 g/mol. The highest BCUT2D eigenvalue weighted by atomic mass is 32.2. The zero-order valence-electron chi connectivity index (χ0n) is 25.4. The number of nitrogens with zero attached hydrogens (tertiary/aromatic N) is 5. The fourth-order valence-corrected chi connectivity index (χ4v) is 7.52. The molecule has 0 spiro atoms. The summed E-state index contributed by atoms with van der Waals surface area (Å²) >= 11 is 0. The van der Waals surface area contributed by atoms with E-state index in [0.717, 1.165) is 93.8 Å². The summed E-state index contributed by atoms with van der Waals surface area (Å²) in [5.74, 6) is -0.599. The number of pyridine rings is 1. The van der Waals surface area contributed by atoms with Crippen LogP contribution in [0, 0.1) is 11.7 Å². The molecule has 2 aromatic rings. The first-order chi connectivity index (χ1) is 20.6. The molecule has 4 aliphatic rings. The first kappa shape index (κ1) is 30.0. The van der Waals surface area contributed by atoms with E-state index >= 15 is 0 Å². The van der Waals surface area contributed by atoms with Crippen molar-refractivity contribution in [2.75, 3.05) is 57.0 Å². The number of likely N-dealkylation sites (tertiary alicyclic amines) is 1. The number of hydrogen-bond donors (Lipinski definition) is 1. The Morgan fingerprint density at radius 1 is 1.00 bits per heavy atom. The standard InChI is InChI=1S/C32H43FN6O3S/c1-22(2)36-15-17-37(18-16-36)25-11-13-38(14-12-25)31-27-19-29(32(40)35-43(3,41)42)34-20-30(27)39(21-28(31)23-5-4-6-23)26-9-7-24(33)8-10-26/h7-10,19-20,22-23,25H,4-6,11-18,21H2,1-3H3,(H,35,40). The van der Waals surface area contributed by atoms with Gasteiger partial charge in [-0.2, -0.15) is 0 Å². The van der Waals surface area contributed by atoms with Gasteiger partial charge < -0.3 is 9.80 Å². The Morgan fingerprint density at radius 3 is 2.26 bits per heavy atom. The number of carbonyl (C=O) groups is 1. The molecule has 1 aromatic carbocycles. The number of piperidine rings is 1. The quantitative estimate of drug-likeness (QED) is 0.502. The summed E-state index contributed by atoms with van der Waals surface area (Å²) in [5.41, 5.74) is 5.15. The molecule has 0 bridgehead atoms. The third kappa shape index (κ3) is 6.44. The minimum Gasteiger partial charge on any atom is -0.371 e. The van der Waals surface area contributed by atoms with Crippen molar-refractivity contribution in [3.8, 4) is 0 Å². The Balaban J connectivity index is 1.33. The predicted molar refractivity (Wildman–Crippen MR) is 167 cm³/mol. The van der Waals surface area contributed by atoms with E-state index in [4.69, 9.17) is 0 Å². The van der Waals surface area contributed by atoms with Gasteiger partial charge in [0.1, 0.15) is 11.5 Å². The van der Waals surface area contributed by atoms with Gasteiger partial charge >= 0.3 is 0 Å². The normalized spacial score (nSPS) is 21.2. The zero-order chi connectivity index (χ0) is 30.3. The molecule has 0 unspecified atom stereocenters. The third-order valence-corrected chi connectivity index (χ3v) is 10.2. The SMILES string of the molecule is CC(C)N1CCN(C2CCN(C3=C(C4CCC4)CN(c4ccc(F)cc4)c4cnc(C(=O)NS(C)(=O)=O)cc43)CC2)CC1. The van der Waals surface area contributed by atoms with Gasteiger partial charge in [0.25, 0.3) is 5.91 Å². The fraction of sp³-hybridized carbons (Fsp3) is 0.562. The number of nitrogens with one attached hydrogen (secondary N) is 1. The van der Waals surface area contributed by atoms with Crippen LogP contribution in [0.25, 0.3) is 5.70 Å². The second-order valence-electron chi connectivity index (χ2n) is 12.7. The average Bonchev–Trinajstić information content (AvgIpc) is 2.95. The molecule has 4 heterocycles. The number of aromatic nitrogens is 1. The van der Waals surface area contributed by atoms with Crippen molar-refractivity contribution in [3.05, 3.63) is 59.2 Å². The van der Waals surface area contributed by atoms with E-state index in [1.165, 1.54) is 24.1 Å². The molecule has 11 heteroatoms. The van der Waals surface area contributed by atoms with Gasteiger partial charge in [-0.15, -0.1) is 0 Å². The smallest absolute Gasteiger partial charge is 0.283 e. The van der Waals surface area contributed by atoms with Gasteiger partial charge in [-0.3, -0.25) is 14.6 Å². The van der Waals surface area contributed by atoms with Gasteiger partial charge in [-0.25, -0.2) is 22.5 Å². The second kappa shape index (κ2) is 12.2. The van der Waals surface area contributed by atoms with Crippen LogP contribution in [-0.4, -0.2) is 98.2 Å². The Kier molecular flexibility index (Phi) is 8.50. The van der Waals surface area contributed by atoms with E-state index < -0.39 is 15.9 Å². The molecule has 2 saturated heterocycles. The van der Waals surface area contributed by atoms with Crippen molar-refractivity contribution in [1.29, 1.82) is 0 Å². The molecule has 1 aromatic heterocycles. The summed E-state index contributed by atoms with van der Waals surface area (Å²) in [4.78, 5) is 27.2. The highest BCUT2D eigenvalue weighted by Crippen LogP contribution is 2.47. The van der Waals surface area contributed by atoms with Gasteiger partial charge in [0.15, 0.2) is 0 Å². The van der Waals surface area contributed by atoms with E-state index in [9.17, 15) is 17.6 Å². The maximum absolute atomic E-state index is 13.9. The predicted octanol–water partition coefficient (Wildman–Crippen LogP) is 4.06. The number of anilines is 2. The number of sulfonamides is 1. The van der Waals surface area contributed by atoms with Gasteiger partial charge in [-0.05, 0) is 81.4 Å². The molecule has 3 aliphatic heterocycles. The van der Waals surface area contributed by atoms with Crippen LogP contribution in [0.5, 0.6) is 0 Å². The number of rotatable bonds is 7. The molecule has 1 amide bonds. The van der Waals surface area contributed by atoms with Crippen molar-refractivity contribution in [1.82, 2.24) is 24.4 Å². The van der Waals surface area contributed by atoms with Crippen LogP contribution in [0.3, 0.4) is 0 Å². The molecule has 0 radical (unpaired) electrons. The first-order valence-corrected chi connectivity index (χ1v) is 17.5. The van der Waals surface area contributed by atoms with E-state index in [1.54, 1.807) is 24.4 Å². The summed E-state index contributed by atoms with van der Waals surface area (Å²) in [6.07, 6.45) is 8.21. The molecular formula is C32H43FN6O3S. The van der Waals surface area contributed by atoms with Crippen LogP contribution < -0.4 is 9.62 Å². The number of carbonyl (C=O) groups excluding carboxylic acids is 1. The van der Waals surface area contributed by atoms with Crippen molar-refractivity contribution in [2.45, 2.75) is 58.0 Å². The Labute approximate surface area is 254 Å². The van der Waals surface area contributed by atoms with E-state index in [-0.39, 0.29) is 11.5 Å². The van der Waals surface area contributed by atoms with E-state index in [2.05, 4.69) is 43.2 Å². The number of piperazine rings is 1. The summed E-state index contributed by atoms with van der Waals surface area (Å²) in [5, 5.41) is 0. The monoisotopic (exact) mass is 610 g/mol. The van der Waals surface area contributed by atoms with Crippen molar-refractivity contribution in [2.24, 2.45) is 5.92 Å². The maximum atomic E-state index is 13.9. The highest BCUT2D eigenvalue weighted by molar-refractivity contribution is 7.89. The summed E-state index contributed by atoms with van der Waals surface area (Å²) < 4.78 is 39.7. The number of hydrogen-bond acceptors (Lipinski definition) is 8. The van der Waals surface area contributed by atoms with Gasteiger partial charge in [0.05, 0.1) is 18.1 Å². The topological polar surface area (TPSA) is 89.1 Å². The molecule has 9 nitrogen and oxygen atoms in total. The third-order valence-electron chi connectivity index (χ3n) is 9.68. The molecule has 6 rings (SSSR count). The molecule has 0 atom stereocenters. The van der Waals surface area contributed by atoms with Crippen LogP contribution in [0.2, 0.25) is 0 Å². The lowest BCUT2D eigenvalue weighted by Gasteiger charge is -2.47. The lowest BCUT2D eigenvalue weighted by atomic mass is 9.76. The Hall–Kier alpha value is -3.02. The lowest BCUT2D eigenvalue weighted by Crippen LogP contribution is -2.54. The van der Waals surface area contributed by atoms with Gasteiger partial charge in [0, 0.05) is 74.8 Å². The Morgan fingerprint density at radius 2 is 1.67 bits per heavy atom. The molecule has 232 valence electrons. The molecule has 1 aliphatic carbocycles. The largest absolute Gasteiger partial charge is 0.371 e. The summed E-state index contributed by atoms with van der Waals surface area (Å²) in [6.45, 7) is 11.5. The number of benzene rings is 1. The number of fused-ring (bicyclic) bond motifs is 1. The van der Waals surface area contributed by atoms with Gasteiger partial charge in [0.2, 0.25) is 10.0 Å². The highest BCUT2D eigenvalue weighted by Gasteiger charge is 2.37. The van der Waals surface area contributed by atoms with E-state index in [1.807, 2.05) is 0 Å². The number of amides is 1. The molecule has 3 fully saturated rings. The minimum atomic E-state index is -3.74. The zero-order valence-corrected chi connectivity index (χ0v) is 26.2. The maximum Gasteiger partial charge on any atom is 0.283 e. The van der Waals surface area contributed by atoms with Gasteiger partial charge in [-0.1, -0.05) is 6.42 Å². The molecule has 1 saturated carbocycles. The average molecular weight is 611 g/mol. The van der Waals surface area contributed by atoms with Crippen LogP contribution in [0.1, 0.15) is 62.0 Å². The second-order valence-corrected chi connectivity index (χ2v) is 14.5. The van der Waals surface area contributed by atoms with Crippen LogP contribution >= 0.6 is 0 Å². The molecule has 1 N–H and O–H groups in total. The van der Waals surface area contributed by atoms with Crippen molar-refractivity contribution >= 4 is 33.0 Å². The lowest BCUT2D eigenvalue weighted by molar-refractivity contribution is 0.0567. The molecule has 43 heavy (non-hydrogen) atoms.